The van der Waals surface area contributed by atoms with E-state index in [0.29, 0.717) is 19.3 Å². The van der Waals surface area contributed by atoms with E-state index >= 15 is 0 Å². The highest BCUT2D eigenvalue weighted by Gasteiger charge is 2.26. The van der Waals surface area contributed by atoms with E-state index in [1.54, 1.807) is 6.08 Å². The van der Waals surface area contributed by atoms with Gasteiger partial charge >= 0.3 is 5.97 Å². The van der Waals surface area contributed by atoms with E-state index in [9.17, 15) is 9.59 Å². The molecule has 0 spiro atoms. The van der Waals surface area contributed by atoms with Crippen LogP contribution in [0.3, 0.4) is 0 Å². The van der Waals surface area contributed by atoms with Crippen molar-refractivity contribution in [2.75, 3.05) is 7.11 Å². The summed E-state index contributed by atoms with van der Waals surface area (Å²) in [6.07, 6.45) is 2.98. The predicted octanol–water partition coefficient (Wildman–Crippen LogP) is 2.55. The molecule has 1 aromatic carbocycles. The molecule has 96 valence electrons. The number of ether oxygens (including phenoxy) is 1. The van der Waals surface area contributed by atoms with E-state index in [-0.39, 0.29) is 5.78 Å². The van der Waals surface area contributed by atoms with E-state index in [4.69, 9.17) is 4.74 Å². The van der Waals surface area contributed by atoms with Crippen LogP contribution in [0.4, 0.5) is 0 Å². The molecule has 1 unspecified atom stereocenters. The fraction of sp³-hybridized carbons (Fsp3) is 0.333. The smallest absolute Gasteiger partial charge is 0.316 e. The summed E-state index contributed by atoms with van der Waals surface area (Å²) in [5, 5.41) is 0. The van der Waals surface area contributed by atoms with Gasteiger partial charge in [0.15, 0.2) is 0 Å². The van der Waals surface area contributed by atoms with Crippen molar-refractivity contribution in [2.24, 2.45) is 5.92 Å². The molecule has 0 aliphatic heterocycles. The molecule has 0 saturated heterocycles. The molecule has 3 heteroatoms. The summed E-state index contributed by atoms with van der Waals surface area (Å²) < 4.78 is 4.70. The Bertz CT molecular complexity index is 409. The summed E-state index contributed by atoms with van der Waals surface area (Å²) in [6, 6.07) is 9.47. The minimum absolute atomic E-state index is 0.0920. The molecule has 1 aromatic rings. The monoisotopic (exact) mass is 246 g/mol. The number of rotatable bonds is 7. The van der Waals surface area contributed by atoms with Crippen LogP contribution in [0.1, 0.15) is 18.4 Å². The largest absolute Gasteiger partial charge is 0.468 e. The third-order valence-electron chi connectivity index (χ3n) is 2.75. The van der Waals surface area contributed by atoms with Gasteiger partial charge in [-0.25, -0.2) is 0 Å². The van der Waals surface area contributed by atoms with Crippen LogP contribution in [-0.4, -0.2) is 18.9 Å². The van der Waals surface area contributed by atoms with Crippen LogP contribution in [0.2, 0.25) is 0 Å². The van der Waals surface area contributed by atoms with Gasteiger partial charge in [0.05, 0.1) is 7.11 Å². The lowest BCUT2D eigenvalue weighted by molar-refractivity contribution is -0.149. The summed E-state index contributed by atoms with van der Waals surface area (Å²) in [7, 11) is 1.31. The van der Waals surface area contributed by atoms with Crippen molar-refractivity contribution in [3.63, 3.8) is 0 Å². The third kappa shape index (κ3) is 4.17. The first-order valence-corrected chi connectivity index (χ1v) is 5.94. The van der Waals surface area contributed by atoms with E-state index in [1.807, 2.05) is 30.3 Å². The van der Waals surface area contributed by atoms with Gasteiger partial charge in [-0.3, -0.25) is 9.59 Å². The second-order valence-electron chi connectivity index (χ2n) is 4.06. The van der Waals surface area contributed by atoms with Gasteiger partial charge in [0.1, 0.15) is 11.7 Å². The van der Waals surface area contributed by atoms with Crippen molar-refractivity contribution in [1.82, 2.24) is 0 Å². The number of carbonyl (C=O) groups is 2. The first kappa shape index (κ1) is 14.2. The normalized spacial score (nSPS) is 11.6. The minimum Gasteiger partial charge on any atom is -0.468 e. The molecule has 3 nitrogen and oxygen atoms in total. The molecule has 0 bridgehead atoms. The van der Waals surface area contributed by atoms with Crippen LogP contribution >= 0.6 is 0 Å². The molecule has 1 atom stereocenters. The van der Waals surface area contributed by atoms with Crippen molar-refractivity contribution in [3.05, 3.63) is 48.6 Å². The standard InChI is InChI=1S/C15H18O3/c1-3-4-10-14(16)13(15(17)18-2)11-12-8-6-5-7-9-12/h3,5-9,13H,1,4,10-11H2,2H3. The molecule has 0 aliphatic carbocycles. The number of benzene rings is 1. The number of carbonyl (C=O) groups excluding carboxylic acids is 2. The van der Waals surface area contributed by atoms with Crippen LogP contribution < -0.4 is 0 Å². The number of esters is 1. The van der Waals surface area contributed by atoms with Gasteiger partial charge in [0.2, 0.25) is 0 Å². The third-order valence-corrected chi connectivity index (χ3v) is 2.75. The zero-order chi connectivity index (χ0) is 13.4. The van der Waals surface area contributed by atoms with Gasteiger partial charge in [-0.05, 0) is 18.4 Å². The summed E-state index contributed by atoms with van der Waals surface area (Å²) in [5.41, 5.74) is 0.958. The van der Waals surface area contributed by atoms with Crippen molar-refractivity contribution in [3.8, 4) is 0 Å². The fourth-order valence-corrected chi connectivity index (χ4v) is 1.74. The first-order chi connectivity index (χ1) is 8.69. The number of allylic oxidation sites excluding steroid dienone is 1. The van der Waals surface area contributed by atoms with Gasteiger partial charge in [-0.1, -0.05) is 36.4 Å². The van der Waals surface area contributed by atoms with Crippen molar-refractivity contribution in [2.45, 2.75) is 19.3 Å². The molecule has 0 saturated carbocycles. The summed E-state index contributed by atoms with van der Waals surface area (Å²) in [4.78, 5) is 23.6. The van der Waals surface area contributed by atoms with E-state index < -0.39 is 11.9 Å². The van der Waals surface area contributed by atoms with Crippen LogP contribution in [0.5, 0.6) is 0 Å². The predicted molar refractivity (Wildman–Crippen MR) is 70.1 cm³/mol. The lowest BCUT2D eigenvalue weighted by Gasteiger charge is -2.13. The van der Waals surface area contributed by atoms with Crippen LogP contribution in [-0.2, 0) is 20.7 Å². The average Bonchev–Trinajstić information content (AvgIpc) is 2.42. The van der Waals surface area contributed by atoms with Gasteiger partial charge < -0.3 is 4.74 Å². The maximum atomic E-state index is 12.0. The molecular weight excluding hydrogens is 228 g/mol. The Morgan fingerprint density at radius 3 is 2.56 bits per heavy atom. The minimum atomic E-state index is -0.711. The maximum absolute atomic E-state index is 12.0. The van der Waals surface area contributed by atoms with Gasteiger partial charge in [0, 0.05) is 6.42 Å². The zero-order valence-electron chi connectivity index (χ0n) is 10.6. The van der Waals surface area contributed by atoms with Gasteiger partial charge in [0.25, 0.3) is 0 Å². The number of hydrogen-bond donors (Lipinski definition) is 0. The molecule has 18 heavy (non-hydrogen) atoms. The molecule has 0 amide bonds. The van der Waals surface area contributed by atoms with E-state index in [0.717, 1.165) is 5.56 Å². The van der Waals surface area contributed by atoms with Crippen molar-refractivity contribution < 1.29 is 14.3 Å². The fourth-order valence-electron chi connectivity index (χ4n) is 1.74. The highest BCUT2D eigenvalue weighted by Crippen LogP contribution is 2.14. The van der Waals surface area contributed by atoms with Crippen molar-refractivity contribution in [1.29, 1.82) is 0 Å². The molecule has 0 radical (unpaired) electrons. The zero-order valence-corrected chi connectivity index (χ0v) is 10.6. The Morgan fingerprint density at radius 2 is 2.00 bits per heavy atom. The molecule has 0 fully saturated rings. The number of methoxy groups -OCH3 is 1. The Labute approximate surface area is 107 Å². The Morgan fingerprint density at radius 1 is 1.33 bits per heavy atom. The topological polar surface area (TPSA) is 43.4 Å². The van der Waals surface area contributed by atoms with E-state index in [2.05, 4.69) is 6.58 Å². The van der Waals surface area contributed by atoms with Gasteiger partial charge in [-0.2, -0.15) is 0 Å². The molecule has 0 aromatic heterocycles. The number of Topliss-reactive ketones (excluding diaryl/α,β-unsaturated/α-hetero) is 1. The molecule has 0 heterocycles. The molecule has 1 rings (SSSR count). The van der Waals surface area contributed by atoms with Crippen molar-refractivity contribution >= 4 is 11.8 Å². The average molecular weight is 246 g/mol. The molecule has 0 aliphatic rings. The highest BCUT2D eigenvalue weighted by atomic mass is 16.5. The highest BCUT2D eigenvalue weighted by molar-refractivity contribution is 5.99. The molecular formula is C15H18O3. The number of ketones is 1. The van der Waals surface area contributed by atoms with Crippen LogP contribution in [0, 0.1) is 5.92 Å². The summed E-state index contributed by atoms with van der Waals surface area (Å²) >= 11 is 0. The lowest BCUT2D eigenvalue weighted by atomic mass is 9.93. The second kappa shape index (κ2) is 7.43. The maximum Gasteiger partial charge on any atom is 0.316 e. The summed E-state index contributed by atoms with van der Waals surface area (Å²) in [6.45, 7) is 3.57. The summed E-state index contributed by atoms with van der Waals surface area (Å²) in [5.74, 6) is -1.27. The van der Waals surface area contributed by atoms with Crippen LogP contribution in [0.15, 0.2) is 43.0 Å². The second-order valence-corrected chi connectivity index (χ2v) is 4.06. The number of hydrogen-bond acceptors (Lipinski definition) is 3. The first-order valence-electron chi connectivity index (χ1n) is 5.94. The lowest BCUT2D eigenvalue weighted by Crippen LogP contribution is -2.27. The van der Waals surface area contributed by atoms with E-state index in [1.165, 1.54) is 7.11 Å². The Hall–Kier alpha value is -1.90. The SMILES string of the molecule is C=CCCC(=O)C(Cc1ccccc1)C(=O)OC. The Kier molecular flexibility index (Phi) is 5.85. The molecule has 0 N–H and O–H groups in total. The van der Waals surface area contributed by atoms with Gasteiger partial charge in [-0.15, -0.1) is 6.58 Å². The Balaban J connectivity index is 2.75. The quantitative estimate of drug-likeness (QED) is 0.422. The van der Waals surface area contributed by atoms with Crippen LogP contribution in [0.25, 0.3) is 0 Å².